The predicted molar refractivity (Wildman–Crippen MR) is 253 cm³/mol. The SMILES string of the molecule is CCCN(Cc1ccc(CCC(F)(F)C(F)(F)C(F)(F)C(F)(F)C(F)(F)C(F)(F)C(F)(F)C(F)(F)F)cc1)N=Nc1ccc(/C=C/c2sc(/C=C/c3ccc(/C=C/c4ccc(C(=O)OC)cc4)cc3)c3c2OCCO3)cc1F. The molecular weight excluding hydrogens is 1100 g/mol. The standard InChI is InChI=1S/C52H41F18N3O4S/c1-3-26-73(30-36-12-10-34(11-13-36)24-25-45(54,55)46(56,57)47(58,59)48(60,61)49(62,63)50(64,65)51(66,67)52(68,69)70)72-71-39-21-16-35(29-38(39)53)18-23-41-43-42(76-27-28-77-43)40(78-41)22-17-32-7-4-31(5-8-32)6-9-33-14-19-37(20-15-33)44(74)75-2/h4-23,29H,3,24-28,30H2,1-2H3/b9-6+,22-17+,23-18+,72-71?. The van der Waals surface area contributed by atoms with Crippen molar-refractivity contribution in [2.75, 3.05) is 26.9 Å². The van der Waals surface area contributed by atoms with Gasteiger partial charge >= 0.3 is 53.6 Å². The van der Waals surface area contributed by atoms with Crippen molar-refractivity contribution in [2.24, 2.45) is 10.3 Å². The van der Waals surface area contributed by atoms with Crippen molar-refractivity contribution in [1.82, 2.24) is 5.01 Å². The summed E-state index contributed by atoms with van der Waals surface area (Å²) < 4.78 is 265. The first-order valence-electron chi connectivity index (χ1n) is 22.8. The molecular formula is C52H41F18N3O4S. The Kier molecular flexibility index (Phi) is 17.9. The number of aryl methyl sites for hydroxylation is 1. The maximum atomic E-state index is 15.4. The Morgan fingerprint density at radius 3 is 1.50 bits per heavy atom. The summed E-state index contributed by atoms with van der Waals surface area (Å²) in [5, 5.41) is 9.32. The molecule has 0 N–H and O–H groups in total. The van der Waals surface area contributed by atoms with Crippen molar-refractivity contribution in [3.05, 3.63) is 146 Å². The fourth-order valence-corrected chi connectivity index (χ4v) is 8.23. The van der Waals surface area contributed by atoms with Crippen LogP contribution >= 0.6 is 11.3 Å². The average molecular weight is 1150 g/mol. The summed E-state index contributed by atoms with van der Waals surface area (Å²) in [7, 11) is 1.31. The maximum absolute atomic E-state index is 15.4. The lowest BCUT2D eigenvalue weighted by atomic mass is 9.87. The van der Waals surface area contributed by atoms with Gasteiger partial charge in [-0.15, -0.1) is 16.5 Å². The lowest BCUT2D eigenvalue weighted by Crippen LogP contribution is -2.74. The van der Waals surface area contributed by atoms with Crippen LogP contribution in [0.4, 0.5) is 84.7 Å². The van der Waals surface area contributed by atoms with Crippen LogP contribution in [0.25, 0.3) is 36.5 Å². The molecule has 4 aromatic carbocycles. The van der Waals surface area contributed by atoms with Crippen LogP contribution in [0.1, 0.15) is 73.3 Å². The summed E-state index contributed by atoms with van der Waals surface area (Å²) in [6.45, 7) is 2.40. The fourth-order valence-electron chi connectivity index (χ4n) is 7.23. The number of carbonyl (C=O) groups is 1. The Hall–Kier alpha value is -6.99. The van der Waals surface area contributed by atoms with Crippen molar-refractivity contribution in [2.45, 2.75) is 80.4 Å². The molecule has 0 saturated heterocycles. The normalized spacial score (nSPS) is 14.4. The molecule has 0 spiro atoms. The first-order valence-corrected chi connectivity index (χ1v) is 23.6. The Balaban J connectivity index is 1.06. The van der Waals surface area contributed by atoms with E-state index in [1.807, 2.05) is 48.6 Å². The van der Waals surface area contributed by atoms with Gasteiger partial charge in [-0.05, 0) is 82.6 Å². The largest absolute Gasteiger partial charge is 0.485 e. The van der Waals surface area contributed by atoms with Gasteiger partial charge in [0.2, 0.25) is 0 Å². The number of fused-ring (bicyclic) bond motifs is 1. The molecule has 1 aliphatic rings. The molecule has 0 saturated carbocycles. The van der Waals surface area contributed by atoms with Gasteiger partial charge in [0.1, 0.15) is 18.9 Å². The highest BCUT2D eigenvalue weighted by atomic mass is 32.1. The van der Waals surface area contributed by atoms with E-state index < -0.39 is 77.8 Å². The molecule has 1 aliphatic heterocycles. The van der Waals surface area contributed by atoms with Gasteiger partial charge in [-0.2, -0.15) is 74.6 Å². The molecule has 0 amide bonds. The number of methoxy groups -OCH3 is 1. The van der Waals surface area contributed by atoms with E-state index in [0.29, 0.717) is 52.7 Å². The molecule has 1 aromatic heterocycles. The van der Waals surface area contributed by atoms with Gasteiger partial charge in [0.15, 0.2) is 17.3 Å². The van der Waals surface area contributed by atoms with E-state index in [4.69, 9.17) is 14.2 Å². The molecule has 0 aliphatic carbocycles. The number of benzene rings is 4. The quantitative estimate of drug-likeness (QED) is 0.0227. The third kappa shape index (κ3) is 12.3. The molecule has 0 radical (unpaired) electrons. The fraction of sp³-hybridized carbons (Fsp3) is 0.327. The van der Waals surface area contributed by atoms with Crippen LogP contribution < -0.4 is 9.47 Å². The van der Waals surface area contributed by atoms with Gasteiger partial charge in [0.25, 0.3) is 0 Å². The summed E-state index contributed by atoms with van der Waals surface area (Å²) in [5.74, 6) is -56.9. The van der Waals surface area contributed by atoms with Crippen molar-refractivity contribution in [3.63, 3.8) is 0 Å². The molecule has 6 rings (SSSR count). The van der Waals surface area contributed by atoms with Crippen LogP contribution in [-0.2, 0) is 17.7 Å². The molecule has 7 nitrogen and oxygen atoms in total. The Bertz CT molecular complexity index is 3010. The highest BCUT2D eigenvalue weighted by molar-refractivity contribution is 7.14. The third-order valence-electron chi connectivity index (χ3n) is 11.7. The van der Waals surface area contributed by atoms with Gasteiger partial charge < -0.3 is 14.2 Å². The molecule has 26 heteroatoms. The third-order valence-corrected chi connectivity index (χ3v) is 12.8. The van der Waals surface area contributed by atoms with Gasteiger partial charge in [-0.1, -0.05) is 103 Å². The van der Waals surface area contributed by atoms with Crippen LogP contribution in [0.2, 0.25) is 0 Å². The summed E-state index contributed by atoms with van der Waals surface area (Å²) in [4.78, 5) is 13.1. The van der Waals surface area contributed by atoms with E-state index in [9.17, 15) is 79.4 Å². The molecule has 0 unspecified atom stereocenters. The minimum atomic E-state index is -8.69. The molecule has 0 atom stereocenters. The summed E-state index contributed by atoms with van der Waals surface area (Å²) in [5.41, 5.74) is 3.29. The second-order valence-electron chi connectivity index (χ2n) is 17.2. The number of ether oxygens (including phenoxy) is 3. The van der Waals surface area contributed by atoms with E-state index in [2.05, 4.69) is 10.3 Å². The second-order valence-corrected chi connectivity index (χ2v) is 18.3. The second kappa shape index (κ2) is 23.1. The number of hydrogen-bond acceptors (Lipinski definition) is 7. The molecule has 0 bridgehead atoms. The molecule has 2 heterocycles. The van der Waals surface area contributed by atoms with Gasteiger partial charge in [-0.25, -0.2) is 9.18 Å². The Morgan fingerprint density at radius 1 is 0.590 bits per heavy atom. The Labute approximate surface area is 436 Å². The molecule has 0 fully saturated rings. The maximum Gasteiger partial charge on any atom is 0.460 e. The number of esters is 1. The van der Waals surface area contributed by atoms with Crippen LogP contribution in [0.15, 0.2) is 101 Å². The number of rotatable bonds is 22. The zero-order chi connectivity index (χ0) is 57.7. The predicted octanol–water partition coefficient (Wildman–Crippen LogP) is 16.8. The number of thiophene rings is 1. The van der Waals surface area contributed by atoms with Crippen LogP contribution in [0.3, 0.4) is 0 Å². The van der Waals surface area contributed by atoms with E-state index in [0.717, 1.165) is 45.8 Å². The summed E-state index contributed by atoms with van der Waals surface area (Å²) >= 11 is 1.37. The zero-order valence-corrected chi connectivity index (χ0v) is 41.1. The number of nitrogens with zero attached hydrogens (tertiary/aromatic N) is 3. The molecule has 5 aromatic rings. The lowest BCUT2D eigenvalue weighted by molar-refractivity contribution is -0.461. The van der Waals surface area contributed by atoms with Gasteiger partial charge in [0, 0.05) is 13.0 Å². The van der Waals surface area contributed by atoms with Crippen molar-refractivity contribution < 1.29 is 98.0 Å². The first-order chi connectivity index (χ1) is 36.3. The molecule has 420 valence electrons. The highest BCUT2D eigenvalue weighted by Gasteiger charge is 2.95. The van der Waals surface area contributed by atoms with Crippen molar-refractivity contribution >= 4 is 59.4 Å². The van der Waals surface area contributed by atoms with E-state index in [1.54, 1.807) is 49.4 Å². The van der Waals surface area contributed by atoms with Crippen LogP contribution in [0, 0.1) is 5.82 Å². The number of hydrogen-bond donors (Lipinski definition) is 0. The number of carbonyl (C=O) groups excluding carboxylic acids is 1. The van der Waals surface area contributed by atoms with Crippen LogP contribution in [-0.4, -0.2) is 85.5 Å². The number of alkyl halides is 17. The molecule has 78 heavy (non-hydrogen) atoms. The van der Waals surface area contributed by atoms with E-state index >= 15 is 4.39 Å². The van der Waals surface area contributed by atoms with E-state index in [-0.39, 0.29) is 18.8 Å². The minimum absolute atomic E-state index is 0.127. The average Bonchev–Trinajstić information content (AvgIpc) is 3.77. The topological polar surface area (TPSA) is 72.7 Å². The minimum Gasteiger partial charge on any atom is -0.485 e. The van der Waals surface area contributed by atoms with Gasteiger partial charge in [-0.3, -0.25) is 5.01 Å². The van der Waals surface area contributed by atoms with Crippen molar-refractivity contribution in [3.8, 4) is 11.5 Å². The monoisotopic (exact) mass is 1150 g/mol. The number of halogens is 18. The van der Waals surface area contributed by atoms with Gasteiger partial charge in [0.05, 0.1) is 29.0 Å². The highest BCUT2D eigenvalue weighted by Crippen LogP contribution is 2.64. The summed E-state index contributed by atoms with van der Waals surface area (Å²) in [6, 6.07) is 23.0. The smallest absolute Gasteiger partial charge is 0.460 e. The first kappa shape index (κ1) is 60.2. The van der Waals surface area contributed by atoms with Crippen molar-refractivity contribution in [1.29, 1.82) is 0 Å². The zero-order valence-electron chi connectivity index (χ0n) is 40.3. The summed E-state index contributed by atoms with van der Waals surface area (Å²) in [6.07, 6.45) is -0.392. The lowest BCUT2D eigenvalue weighted by Gasteiger charge is -2.42. The van der Waals surface area contributed by atoms with E-state index in [1.165, 1.54) is 35.6 Å². The van der Waals surface area contributed by atoms with Crippen LogP contribution in [0.5, 0.6) is 11.5 Å². The Morgan fingerprint density at radius 2 is 1.03 bits per heavy atom.